The zero-order chi connectivity index (χ0) is 21.4. The summed E-state index contributed by atoms with van der Waals surface area (Å²) in [5, 5.41) is 2.13. The largest absolute Gasteiger partial charge is 0.457 e. The van der Waals surface area contributed by atoms with Crippen LogP contribution in [0.2, 0.25) is 0 Å². The van der Waals surface area contributed by atoms with Crippen LogP contribution < -0.4 is 4.90 Å². The molecule has 150 valence electrons. The third kappa shape index (κ3) is 3.26. The quantitative estimate of drug-likeness (QED) is 0.353. The lowest BCUT2D eigenvalue weighted by molar-refractivity contribution is 0.0474. The Bertz CT molecular complexity index is 1300. The van der Waals surface area contributed by atoms with E-state index in [1.165, 1.54) is 0 Å². The number of fused-ring (bicyclic) bond motifs is 2. The average molecular weight is 407 g/mol. The van der Waals surface area contributed by atoms with Gasteiger partial charge < -0.3 is 4.74 Å². The molecule has 1 aliphatic heterocycles. The standard InChI is InChI=1S/C26H17NO4/c28-24-22-10-3-4-11-23(22)25(29)27(24)20-14-12-18(13-15-20)26(30)31-16-19-8-5-7-17-6-1-2-9-21(17)19/h1-15H,16H2. The van der Waals surface area contributed by atoms with Crippen LogP contribution in [0, 0.1) is 0 Å². The lowest BCUT2D eigenvalue weighted by Gasteiger charge is -2.14. The van der Waals surface area contributed by atoms with Crippen molar-refractivity contribution in [3.05, 3.63) is 113 Å². The van der Waals surface area contributed by atoms with Gasteiger partial charge in [-0.2, -0.15) is 0 Å². The molecule has 0 atom stereocenters. The van der Waals surface area contributed by atoms with Crippen molar-refractivity contribution < 1.29 is 19.1 Å². The van der Waals surface area contributed by atoms with Gasteiger partial charge in [0, 0.05) is 0 Å². The fourth-order valence-electron chi connectivity index (χ4n) is 3.82. The highest BCUT2D eigenvalue weighted by Crippen LogP contribution is 2.28. The van der Waals surface area contributed by atoms with E-state index >= 15 is 0 Å². The summed E-state index contributed by atoms with van der Waals surface area (Å²) in [7, 11) is 0. The van der Waals surface area contributed by atoms with Crippen LogP contribution in [0.3, 0.4) is 0 Å². The zero-order valence-electron chi connectivity index (χ0n) is 16.4. The molecular formula is C26H17NO4. The molecule has 0 aromatic heterocycles. The maximum absolute atomic E-state index is 12.6. The van der Waals surface area contributed by atoms with E-state index in [-0.39, 0.29) is 18.4 Å². The Morgan fingerprint density at radius 1 is 0.710 bits per heavy atom. The van der Waals surface area contributed by atoms with Crippen LogP contribution in [0.25, 0.3) is 10.8 Å². The molecule has 0 aliphatic carbocycles. The maximum atomic E-state index is 12.6. The van der Waals surface area contributed by atoms with Gasteiger partial charge in [0.15, 0.2) is 0 Å². The van der Waals surface area contributed by atoms with E-state index in [2.05, 4.69) is 0 Å². The summed E-state index contributed by atoms with van der Waals surface area (Å²) in [4.78, 5) is 38.9. The molecule has 1 heterocycles. The van der Waals surface area contributed by atoms with Crippen LogP contribution in [0.5, 0.6) is 0 Å². The average Bonchev–Trinajstić information content (AvgIpc) is 3.07. The molecule has 4 aromatic carbocycles. The molecule has 0 fully saturated rings. The van der Waals surface area contributed by atoms with Crippen molar-refractivity contribution in [2.24, 2.45) is 0 Å². The van der Waals surface area contributed by atoms with Crippen molar-refractivity contribution in [3.8, 4) is 0 Å². The number of carbonyl (C=O) groups excluding carboxylic acids is 3. The van der Waals surface area contributed by atoms with Crippen LogP contribution in [0.4, 0.5) is 5.69 Å². The highest BCUT2D eigenvalue weighted by atomic mass is 16.5. The first-order chi connectivity index (χ1) is 15.1. The number of benzene rings is 4. The van der Waals surface area contributed by atoms with Gasteiger partial charge in [-0.1, -0.05) is 54.6 Å². The smallest absolute Gasteiger partial charge is 0.338 e. The summed E-state index contributed by atoms with van der Waals surface area (Å²) in [5.41, 5.74) is 2.45. The predicted molar refractivity (Wildman–Crippen MR) is 117 cm³/mol. The Morgan fingerprint density at radius 3 is 2.03 bits per heavy atom. The molecule has 4 aromatic rings. The number of amides is 2. The zero-order valence-corrected chi connectivity index (χ0v) is 16.4. The number of imide groups is 1. The summed E-state index contributed by atoms with van der Waals surface area (Å²) >= 11 is 0. The number of hydrogen-bond acceptors (Lipinski definition) is 4. The first-order valence-electron chi connectivity index (χ1n) is 9.85. The Hall–Kier alpha value is -4.25. The van der Waals surface area contributed by atoms with Crippen LogP contribution in [-0.2, 0) is 11.3 Å². The second-order valence-corrected chi connectivity index (χ2v) is 7.25. The fourth-order valence-corrected chi connectivity index (χ4v) is 3.82. The van der Waals surface area contributed by atoms with Gasteiger partial charge in [0.1, 0.15) is 6.61 Å². The molecule has 5 rings (SSSR count). The predicted octanol–water partition coefficient (Wildman–Crippen LogP) is 5.00. The molecule has 0 bridgehead atoms. The molecule has 0 spiro atoms. The van der Waals surface area contributed by atoms with Gasteiger partial charge in [0.2, 0.25) is 0 Å². The minimum absolute atomic E-state index is 0.153. The molecule has 2 amide bonds. The molecule has 5 nitrogen and oxygen atoms in total. The monoisotopic (exact) mass is 407 g/mol. The maximum Gasteiger partial charge on any atom is 0.338 e. The lowest BCUT2D eigenvalue weighted by Crippen LogP contribution is -2.29. The molecular weight excluding hydrogens is 390 g/mol. The van der Waals surface area contributed by atoms with E-state index in [0.29, 0.717) is 22.4 Å². The number of esters is 1. The van der Waals surface area contributed by atoms with E-state index in [4.69, 9.17) is 4.74 Å². The molecule has 5 heteroatoms. The number of anilines is 1. The summed E-state index contributed by atoms with van der Waals surface area (Å²) in [5.74, 6) is -1.21. The van der Waals surface area contributed by atoms with E-state index in [9.17, 15) is 14.4 Å². The van der Waals surface area contributed by atoms with Crippen molar-refractivity contribution in [2.75, 3.05) is 4.90 Å². The van der Waals surface area contributed by atoms with Gasteiger partial charge in [0.25, 0.3) is 11.8 Å². The molecule has 0 radical (unpaired) electrons. The highest BCUT2D eigenvalue weighted by molar-refractivity contribution is 6.34. The Morgan fingerprint density at radius 2 is 1.32 bits per heavy atom. The fraction of sp³-hybridized carbons (Fsp3) is 0.0385. The van der Waals surface area contributed by atoms with Gasteiger partial charge in [-0.3, -0.25) is 9.59 Å². The Kier molecular flexibility index (Phi) is 4.56. The third-order valence-electron chi connectivity index (χ3n) is 5.39. The number of carbonyl (C=O) groups is 3. The summed E-state index contributed by atoms with van der Waals surface area (Å²) in [6, 6.07) is 26.8. The second kappa shape index (κ2) is 7.54. The van der Waals surface area contributed by atoms with E-state index in [1.54, 1.807) is 48.5 Å². The minimum atomic E-state index is -0.471. The summed E-state index contributed by atoms with van der Waals surface area (Å²) in [6.45, 7) is 0.153. The first-order valence-corrected chi connectivity index (χ1v) is 9.85. The molecule has 0 unspecified atom stereocenters. The van der Waals surface area contributed by atoms with Crippen molar-refractivity contribution in [1.82, 2.24) is 0 Å². The van der Waals surface area contributed by atoms with Gasteiger partial charge >= 0.3 is 5.97 Å². The van der Waals surface area contributed by atoms with Crippen LogP contribution in [0.15, 0.2) is 91.0 Å². The molecule has 1 aliphatic rings. The number of hydrogen-bond donors (Lipinski definition) is 0. The first kappa shape index (κ1) is 18.8. The normalized spacial score (nSPS) is 12.8. The number of nitrogens with zero attached hydrogens (tertiary/aromatic N) is 1. The van der Waals surface area contributed by atoms with Gasteiger partial charge in [-0.25, -0.2) is 9.69 Å². The number of ether oxygens (including phenoxy) is 1. The molecule has 31 heavy (non-hydrogen) atoms. The van der Waals surface area contributed by atoms with Crippen molar-refractivity contribution in [3.63, 3.8) is 0 Å². The molecule has 0 saturated heterocycles. The highest BCUT2D eigenvalue weighted by Gasteiger charge is 2.36. The Labute approximate surface area is 178 Å². The summed E-state index contributed by atoms with van der Waals surface area (Å²) < 4.78 is 5.49. The second-order valence-electron chi connectivity index (χ2n) is 7.25. The molecule has 0 N–H and O–H groups in total. The van der Waals surface area contributed by atoms with Gasteiger partial charge in [-0.15, -0.1) is 0 Å². The van der Waals surface area contributed by atoms with Crippen LogP contribution in [-0.4, -0.2) is 17.8 Å². The van der Waals surface area contributed by atoms with Crippen molar-refractivity contribution in [2.45, 2.75) is 6.61 Å². The lowest BCUT2D eigenvalue weighted by atomic mass is 10.1. The van der Waals surface area contributed by atoms with Crippen LogP contribution in [0.1, 0.15) is 36.6 Å². The minimum Gasteiger partial charge on any atom is -0.457 e. The van der Waals surface area contributed by atoms with Crippen molar-refractivity contribution in [1.29, 1.82) is 0 Å². The third-order valence-corrected chi connectivity index (χ3v) is 5.39. The van der Waals surface area contributed by atoms with Gasteiger partial charge in [-0.05, 0) is 52.7 Å². The van der Waals surface area contributed by atoms with E-state index in [0.717, 1.165) is 21.2 Å². The molecule has 0 saturated carbocycles. The number of rotatable bonds is 4. The van der Waals surface area contributed by atoms with Gasteiger partial charge in [0.05, 0.1) is 22.4 Å². The van der Waals surface area contributed by atoms with E-state index in [1.807, 2.05) is 42.5 Å². The topological polar surface area (TPSA) is 63.7 Å². The van der Waals surface area contributed by atoms with Crippen molar-refractivity contribution >= 4 is 34.2 Å². The SMILES string of the molecule is O=C(OCc1cccc2ccccc12)c1ccc(N2C(=O)c3ccccc3C2=O)cc1. The van der Waals surface area contributed by atoms with E-state index < -0.39 is 5.97 Å². The summed E-state index contributed by atoms with van der Waals surface area (Å²) in [6.07, 6.45) is 0. The van der Waals surface area contributed by atoms with Crippen LogP contribution >= 0.6 is 0 Å². The Balaban J connectivity index is 1.32.